The van der Waals surface area contributed by atoms with Gasteiger partial charge < -0.3 is 0 Å². The van der Waals surface area contributed by atoms with Crippen LogP contribution in [0, 0.1) is 13.5 Å². The van der Waals surface area contributed by atoms with Gasteiger partial charge in [-0.2, -0.15) is 0 Å². The molecule has 0 fully saturated rings. The number of hydrogen-bond donors (Lipinski definition) is 0. The second-order valence-corrected chi connectivity index (χ2v) is 3.06. The first kappa shape index (κ1) is 7.82. The van der Waals surface area contributed by atoms with Crippen LogP contribution in [0.4, 0.5) is 5.69 Å². The van der Waals surface area contributed by atoms with Crippen LogP contribution in [0.5, 0.6) is 0 Å². The Morgan fingerprint density at radius 1 is 1.00 bits per heavy atom. The number of rotatable bonds is 0. The summed E-state index contributed by atoms with van der Waals surface area (Å²) in [5.41, 5.74) is 1.96. The van der Waals surface area contributed by atoms with E-state index in [1.54, 1.807) is 0 Å². The molecule has 0 amide bonds. The molecule has 2 aromatic carbocycles. The Kier molecular flexibility index (Phi) is 1.75. The largest absolute Gasteiger partial charge is 0.238 e. The van der Waals surface area contributed by atoms with Crippen LogP contribution in [0.1, 0.15) is 5.56 Å². The van der Waals surface area contributed by atoms with Gasteiger partial charge in [-0.15, -0.1) is 0 Å². The van der Waals surface area contributed by atoms with E-state index < -0.39 is 0 Å². The van der Waals surface area contributed by atoms with Crippen molar-refractivity contribution in [3.8, 4) is 0 Å². The van der Waals surface area contributed by atoms with Crippen molar-refractivity contribution >= 4 is 16.5 Å². The first-order valence-electron chi connectivity index (χ1n) is 4.19. The van der Waals surface area contributed by atoms with Gasteiger partial charge >= 0.3 is 0 Å². The molecule has 0 aliphatic carbocycles. The van der Waals surface area contributed by atoms with Gasteiger partial charge in [0.25, 0.3) is 0 Å². The Bertz CT molecular complexity index is 492. The minimum absolute atomic E-state index is 0.737. The van der Waals surface area contributed by atoms with Crippen molar-refractivity contribution < 1.29 is 0 Å². The molecular weight excluding hydrogens is 158 g/mol. The fourth-order valence-electron chi connectivity index (χ4n) is 1.55. The summed E-state index contributed by atoms with van der Waals surface area (Å²) in [7, 11) is 0. The lowest BCUT2D eigenvalue weighted by atomic mass is 10.0. The Labute approximate surface area is 77.4 Å². The van der Waals surface area contributed by atoms with Crippen LogP contribution in [0.25, 0.3) is 15.6 Å². The quantitative estimate of drug-likeness (QED) is 0.527. The van der Waals surface area contributed by atoms with Gasteiger partial charge in [0, 0.05) is 0 Å². The summed E-state index contributed by atoms with van der Waals surface area (Å²) in [6, 6.07) is 11.9. The second-order valence-electron chi connectivity index (χ2n) is 3.06. The molecule has 0 radical (unpaired) electrons. The molecular formula is C12H9N. The summed E-state index contributed by atoms with van der Waals surface area (Å²) in [5, 5.41) is 2.23. The van der Waals surface area contributed by atoms with Gasteiger partial charge in [-0.1, -0.05) is 36.4 Å². The average molecular weight is 167 g/mol. The third kappa shape index (κ3) is 1.17. The molecule has 0 aliphatic heterocycles. The lowest BCUT2D eigenvalue weighted by Crippen LogP contribution is -1.76. The highest BCUT2D eigenvalue weighted by Crippen LogP contribution is 2.27. The van der Waals surface area contributed by atoms with Crippen molar-refractivity contribution in [3.63, 3.8) is 0 Å². The summed E-state index contributed by atoms with van der Waals surface area (Å²) in [6.07, 6.45) is 0. The summed E-state index contributed by atoms with van der Waals surface area (Å²) < 4.78 is 0. The second kappa shape index (κ2) is 2.91. The zero-order chi connectivity index (χ0) is 9.26. The van der Waals surface area contributed by atoms with E-state index >= 15 is 0 Å². The summed E-state index contributed by atoms with van der Waals surface area (Å²) in [6.45, 7) is 9.09. The number of aryl methyl sites for hydroxylation is 1. The van der Waals surface area contributed by atoms with E-state index in [0.29, 0.717) is 0 Å². The predicted octanol–water partition coefficient (Wildman–Crippen LogP) is 3.70. The normalized spacial score (nSPS) is 9.85. The zero-order valence-corrected chi connectivity index (χ0v) is 7.41. The molecule has 2 rings (SSSR count). The molecule has 13 heavy (non-hydrogen) atoms. The molecule has 0 unspecified atom stereocenters. The number of benzene rings is 2. The summed E-state index contributed by atoms with van der Waals surface area (Å²) in [5.74, 6) is 0. The van der Waals surface area contributed by atoms with Crippen molar-refractivity contribution in [3.05, 3.63) is 53.4 Å². The van der Waals surface area contributed by atoms with Gasteiger partial charge in [0.15, 0.2) is 5.69 Å². The third-order valence-electron chi connectivity index (χ3n) is 2.24. The lowest BCUT2D eigenvalue weighted by Gasteiger charge is -2.02. The van der Waals surface area contributed by atoms with Crippen LogP contribution in [0.3, 0.4) is 0 Å². The Morgan fingerprint density at radius 3 is 2.46 bits per heavy atom. The van der Waals surface area contributed by atoms with Crippen LogP contribution in [0.2, 0.25) is 0 Å². The monoisotopic (exact) mass is 167 g/mol. The van der Waals surface area contributed by atoms with Crippen LogP contribution in [-0.4, -0.2) is 0 Å². The molecule has 0 bridgehead atoms. The number of nitrogens with zero attached hydrogens (tertiary/aromatic N) is 1. The molecule has 62 valence electrons. The minimum Gasteiger partial charge on any atom is -0.238 e. The van der Waals surface area contributed by atoms with Crippen molar-refractivity contribution in [2.75, 3.05) is 0 Å². The lowest BCUT2D eigenvalue weighted by molar-refractivity contribution is 1.53. The molecule has 1 nitrogen and oxygen atoms in total. The molecule has 0 spiro atoms. The molecule has 0 saturated carbocycles. The van der Waals surface area contributed by atoms with Gasteiger partial charge in [-0.05, 0) is 23.3 Å². The van der Waals surface area contributed by atoms with Gasteiger partial charge in [0.05, 0.1) is 6.57 Å². The van der Waals surface area contributed by atoms with Crippen molar-refractivity contribution in [1.29, 1.82) is 0 Å². The topological polar surface area (TPSA) is 4.36 Å². The highest BCUT2D eigenvalue weighted by Gasteiger charge is 2.00. The smallest absolute Gasteiger partial charge is 0.194 e. The standard InChI is InChI=1S/C12H9N/c1-9-5-3-7-11-10(9)6-4-8-12(11)13-2/h3-8H,1H3. The van der Waals surface area contributed by atoms with E-state index in [4.69, 9.17) is 6.57 Å². The fraction of sp³-hybridized carbons (Fsp3) is 0.0833. The van der Waals surface area contributed by atoms with E-state index in [1.165, 1.54) is 10.9 Å². The van der Waals surface area contributed by atoms with Crippen molar-refractivity contribution in [1.82, 2.24) is 0 Å². The maximum Gasteiger partial charge on any atom is 0.194 e. The number of hydrogen-bond acceptors (Lipinski definition) is 0. The maximum atomic E-state index is 7.02. The molecule has 2 aromatic rings. The first-order valence-corrected chi connectivity index (χ1v) is 4.19. The highest BCUT2D eigenvalue weighted by molar-refractivity contribution is 5.96. The summed E-state index contributed by atoms with van der Waals surface area (Å²) >= 11 is 0. The van der Waals surface area contributed by atoms with Crippen molar-refractivity contribution in [2.24, 2.45) is 0 Å². The van der Waals surface area contributed by atoms with E-state index in [2.05, 4.69) is 23.9 Å². The first-order chi connectivity index (χ1) is 6.33. The molecule has 0 heterocycles. The fourth-order valence-corrected chi connectivity index (χ4v) is 1.55. The maximum absolute atomic E-state index is 7.02. The average Bonchev–Trinajstić information content (AvgIpc) is 2.18. The van der Waals surface area contributed by atoms with Crippen molar-refractivity contribution in [2.45, 2.75) is 6.92 Å². The van der Waals surface area contributed by atoms with E-state index in [9.17, 15) is 0 Å². The van der Waals surface area contributed by atoms with Crippen LogP contribution in [-0.2, 0) is 0 Å². The molecule has 0 aromatic heterocycles. The van der Waals surface area contributed by atoms with E-state index in [-0.39, 0.29) is 0 Å². The van der Waals surface area contributed by atoms with Gasteiger partial charge in [-0.3, -0.25) is 0 Å². The van der Waals surface area contributed by atoms with Crippen LogP contribution < -0.4 is 0 Å². The molecule has 1 heteroatoms. The Balaban J connectivity index is 2.94. The Morgan fingerprint density at radius 2 is 1.69 bits per heavy atom. The molecule has 0 aliphatic rings. The Hall–Kier alpha value is -1.81. The van der Waals surface area contributed by atoms with Crippen LogP contribution >= 0.6 is 0 Å². The van der Waals surface area contributed by atoms with Gasteiger partial charge in [0.1, 0.15) is 0 Å². The minimum atomic E-state index is 0.737. The van der Waals surface area contributed by atoms with Gasteiger partial charge in [0.2, 0.25) is 0 Å². The van der Waals surface area contributed by atoms with E-state index in [0.717, 1.165) is 11.1 Å². The van der Waals surface area contributed by atoms with Crippen LogP contribution in [0.15, 0.2) is 36.4 Å². The zero-order valence-electron chi connectivity index (χ0n) is 7.41. The van der Waals surface area contributed by atoms with E-state index in [1.807, 2.05) is 24.3 Å². The molecule has 0 saturated heterocycles. The molecule has 0 N–H and O–H groups in total. The SMILES string of the molecule is [C-]#[N+]c1cccc2c(C)cccc12. The predicted molar refractivity (Wildman–Crippen MR) is 54.9 cm³/mol. The highest BCUT2D eigenvalue weighted by atomic mass is 14.6. The summed E-state index contributed by atoms with van der Waals surface area (Å²) in [4.78, 5) is 3.49. The third-order valence-corrected chi connectivity index (χ3v) is 2.24. The number of fused-ring (bicyclic) bond motifs is 1. The molecule has 0 atom stereocenters. The van der Waals surface area contributed by atoms with Gasteiger partial charge in [-0.25, -0.2) is 4.85 Å².